The molecule has 4 nitrogen and oxygen atoms in total. The highest BCUT2D eigenvalue weighted by atomic mass is 35.5. The molecule has 1 aliphatic rings. The topological polar surface area (TPSA) is 80.4 Å². The fourth-order valence-electron chi connectivity index (χ4n) is 3.49. The molecule has 3 atom stereocenters. The highest BCUT2D eigenvalue weighted by molar-refractivity contribution is 7.92. The van der Waals surface area contributed by atoms with Gasteiger partial charge in [0.05, 0.1) is 16.8 Å². The van der Waals surface area contributed by atoms with Gasteiger partial charge in [-0.25, -0.2) is 8.42 Å². The minimum atomic E-state index is -3.62. The Morgan fingerprint density at radius 3 is 2.21 bits per heavy atom. The number of halogens is 1. The first-order valence-corrected chi connectivity index (χ1v) is 9.66. The fourth-order valence-corrected chi connectivity index (χ4v) is 6.07. The zero-order valence-electron chi connectivity index (χ0n) is 13.3. The molecule has 1 fully saturated rings. The Labute approximate surface area is 147 Å². The molecular formula is C18H20ClNO3S. The molecule has 3 rings (SSSR count). The number of aryl methyl sites for hydroxylation is 1. The van der Waals surface area contributed by atoms with Crippen molar-refractivity contribution in [1.29, 1.82) is 0 Å². The zero-order chi connectivity index (χ0) is 17.5. The first kappa shape index (κ1) is 17.4. The summed E-state index contributed by atoms with van der Waals surface area (Å²) in [4.78, 5) is 0.206. The van der Waals surface area contributed by atoms with Gasteiger partial charge in [0.25, 0.3) is 0 Å². The van der Waals surface area contributed by atoms with Crippen LogP contribution in [0, 0.1) is 12.3 Å². The number of benzene rings is 2. The molecule has 24 heavy (non-hydrogen) atoms. The van der Waals surface area contributed by atoms with Crippen molar-refractivity contribution in [3.8, 4) is 0 Å². The van der Waals surface area contributed by atoms with Crippen molar-refractivity contribution in [2.24, 2.45) is 11.1 Å². The molecule has 2 aromatic rings. The molecule has 0 radical (unpaired) electrons. The van der Waals surface area contributed by atoms with Gasteiger partial charge in [-0.2, -0.15) is 0 Å². The van der Waals surface area contributed by atoms with Crippen molar-refractivity contribution >= 4 is 21.4 Å². The Balaban J connectivity index is 2.04. The Kier molecular flexibility index (Phi) is 4.47. The molecular weight excluding hydrogens is 346 g/mol. The molecule has 0 aliphatic heterocycles. The lowest BCUT2D eigenvalue weighted by atomic mass is 9.99. The van der Waals surface area contributed by atoms with Crippen molar-refractivity contribution in [2.45, 2.75) is 23.0 Å². The van der Waals surface area contributed by atoms with Crippen molar-refractivity contribution < 1.29 is 13.5 Å². The van der Waals surface area contributed by atoms with E-state index in [2.05, 4.69) is 0 Å². The van der Waals surface area contributed by atoms with E-state index in [9.17, 15) is 13.5 Å². The van der Waals surface area contributed by atoms with Crippen LogP contribution < -0.4 is 5.73 Å². The molecule has 2 aromatic carbocycles. The number of hydrogen-bond acceptors (Lipinski definition) is 4. The summed E-state index contributed by atoms with van der Waals surface area (Å²) < 4.78 is 26.2. The first-order valence-electron chi connectivity index (χ1n) is 7.74. The molecule has 3 unspecified atom stereocenters. The van der Waals surface area contributed by atoms with E-state index >= 15 is 0 Å². The number of aliphatic hydroxyl groups excluding tert-OH is 1. The van der Waals surface area contributed by atoms with E-state index in [0.717, 1.165) is 11.1 Å². The van der Waals surface area contributed by atoms with Crippen LogP contribution in [0.15, 0.2) is 53.4 Å². The monoisotopic (exact) mass is 365 g/mol. The Bertz CT molecular complexity index is 828. The Hall–Kier alpha value is -1.40. The summed E-state index contributed by atoms with van der Waals surface area (Å²) >= 11 is 5.85. The third-order valence-corrected chi connectivity index (χ3v) is 7.56. The van der Waals surface area contributed by atoms with Crippen LogP contribution >= 0.6 is 11.6 Å². The quantitative estimate of drug-likeness (QED) is 0.853. The second-order valence-corrected chi connectivity index (χ2v) is 8.91. The van der Waals surface area contributed by atoms with E-state index in [-0.39, 0.29) is 24.0 Å². The van der Waals surface area contributed by atoms with Crippen molar-refractivity contribution in [1.82, 2.24) is 0 Å². The predicted molar refractivity (Wildman–Crippen MR) is 94.9 cm³/mol. The summed E-state index contributed by atoms with van der Waals surface area (Å²) in [5, 5.41) is 9.65. The van der Waals surface area contributed by atoms with Crippen LogP contribution in [0.1, 0.15) is 17.0 Å². The molecule has 1 aliphatic carbocycles. The summed E-state index contributed by atoms with van der Waals surface area (Å²) in [6, 6.07) is 13.8. The van der Waals surface area contributed by atoms with Crippen LogP contribution in [-0.4, -0.2) is 31.9 Å². The van der Waals surface area contributed by atoms with E-state index < -0.39 is 20.5 Å². The molecule has 0 amide bonds. The van der Waals surface area contributed by atoms with E-state index in [4.69, 9.17) is 17.3 Å². The number of hydrogen-bond donors (Lipinski definition) is 2. The second kappa shape index (κ2) is 6.15. The molecule has 128 valence electrons. The van der Waals surface area contributed by atoms with Gasteiger partial charge >= 0.3 is 0 Å². The standard InChI is InChI=1S/C18H20ClNO3S/c1-12-2-4-13(5-3-12)16-17(18(16,10-20)11-21)24(22,23)15-8-6-14(19)7-9-15/h2-9,16-17,21H,10-11,20H2,1H3. The van der Waals surface area contributed by atoms with Crippen LogP contribution in [0.4, 0.5) is 0 Å². The summed E-state index contributed by atoms with van der Waals surface area (Å²) in [6.07, 6.45) is 0. The minimum Gasteiger partial charge on any atom is -0.396 e. The molecule has 1 saturated carbocycles. The van der Waals surface area contributed by atoms with Gasteiger partial charge < -0.3 is 10.8 Å². The van der Waals surface area contributed by atoms with Gasteiger partial charge in [0.15, 0.2) is 9.84 Å². The first-order chi connectivity index (χ1) is 11.4. The Morgan fingerprint density at radius 2 is 1.71 bits per heavy atom. The smallest absolute Gasteiger partial charge is 0.182 e. The number of rotatable bonds is 5. The highest BCUT2D eigenvalue weighted by Gasteiger charge is 2.70. The maximum atomic E-state index is 13.1. The Morgan fingerprint density at radius 1 is 1.12 bits per heavy atom. The molecule has 0 heterocycles. The average Bonchev–Trinajstić information content (AvgIpc) is 3.26. The maximum Gasteiger partial charge on any atom is 0.182 e. The molecule has 0 spiro atoms. The predicted octanol–water partition coefficient (Wildman–Crippen LogP) is 2.53. The molecule has 0 saturated heterocycles. The van der Waals surface area contributed by atoms with Gasteiger partial charge in [-0.3, -0.25) is 0 Å². The average molecular weight is 366 g/mol. The third-order valence-electron chi connectivity index (χ3n) is 4.97. The van der Waals surface area contributed by atoms with Crippen LogP contribution in [0.25, 0.3) is 0 Å². The second-order valence-electron chi connectivity index (χ2n) is 6.40. The van der Waals surface area contributed by atoms with Crippen molar-refractivity contribution in [2.75, 3.05) is 13.2 Å². The highest BCUT2D eigenvalue weighted by Crippen LogP contribution is 2.63. The maximum absolute atomic E-state index is 13.1. The van der Waals surface area contributed by atoms with Crippen molar-refractivity contribution in [3.63, 3.8) is 0 Å². The normalized spacial score (nSPS) is 26.3. The van der Waals surface area contributed by atoms with Gasteiger partial charge in [0.2, 0.25) is 0 Å². The fraction of sp³-hybridized carbons (Fsp3) is 0.333. The van der Waals surface area contributed by atoms with Gasteiger partial charge in [0.1, 0.15) is 0 Å². The third kappa shape index (κ3) is 2.65. The summed E-state index contributed by atoms with van der Waals surface area (Å²) in [5.74, 6) is -0.311. The van der Waals surface area contributed by atoms with Crippen LogP contribution in [-0.2, 0) is 9.84 Å². The van der Waals surface area contributed by atoms with Gasteiger partial charge in [-0.15, -0.1) is 0 Å². The molecule has 6 heteroatoms. The minimum absolute atomic E-state index is 0.111. The molecule has 0 aromatic heterocycles. The summed E-state index contributed by atoms with van der Waals surface area (Å²) in [5.41, 5.74) is 7.03. The number of nitrogens with two attached hydrogens (primary N) is 1. The van der Waals surface area contributed by atoms with E-state index in [1.165, 1.54) is 12.1 Å². The van der Waals surface area contributed by atoms with Crippen LogP contribution in [0.2, 0.25) is 5.02 Å². The van der Waals surface area contributed by atoms with Crippen molar-refractivity contribution in [3.05, 3.63) is 64.7 Å². The SMILES string of the molecule is Cc1ccc(C2C(S(=O)(=O)c3ccc(Cl)cc3)C2(CN)CO)cc1. The van der Waals surface area contributed by atoms with E-state index in [1.54, 1.807) is 12.1 Å². The lowest BCUT2D eigenvalue weighted by Gasteiger charge is -2.12. The van der Waals surface area contributed by atoms with Gasteiger partial charge in [-0.1, -0.05) is 41.4 Å². The largest absolute Gasteiger partial charge is 0.396 e. The van der Waals surface area contributed by atoms with E-state index in [1.807, 2.05) is 31.2 Å². The van der Waals surface area contributed by atoms with Gasteiger partial charge in [0, 0.05) is 22.9 Å². The van der Waals surface area contributed by atoms with Crippen LogP contribution in [0.5, 0.6) is 0 Å². The summed E-state index contributed by atoms with van der Waals surface area (Å²) in [6.45, 7) is 1.82. The summed E-state index contributed by atoms with van der Waals surface area (Å²) in [7, 11) is -3.62. The molecule has 0 bridgehead atoms. The van der Waals surface area contributed by atoms with Crippen LogP contribution in [0.3, 0.4) is 0 Å². The number of sulfone groups is 1. The van der Waals surface area contributed by atoms with E-state index in [0.29, 0.717) is 5.02 Å². The molecule has 3 N–H and O–H groups in total. The zero-order valence-corrected chi connectivity index (χ0v) is 14.9. The van der Waals surface area contributed by atoms with Gasteiger partial charge in [-0.05, 0) is 36.8 Å². The lowest BCUT2D eigenvalue weighted by Crippen LogP contribution is -2.27. The number of aliphatic hydroxyl groups is 1. The lowest BCUT2D eigenvalue weighted by molar-refractivity contribution is 0.212.